The van der Waals surface area contributed by atoms with Crippen LogP contribution in [0.2, 0.25) is 0 Å². The van der Waals surface area contributed by atoms with Gasteiger partial charge in [-0.15, -0.1) is 11.3 Å². The summed E-state index contributed by atoms with van der Waals surface area (Å²) < 4.78 is 43.9. The monoisotopic (exact) mass is 685 g/mol. The van der Waals surface area contributed by atoms with Gasteiger partial charge in [-0.25, -0.2) is 17.8 Å². The minimum Gasteiger partial charge on any atom is -0.488 e. The number of fused-ring (bicyclic) bond motifs is 1. The average molecular weight is 687 g/mol. The lowest BCUT2D eigenvalue weighted by molar-refractivity contribution is 0.303. The van der Waals surface area contributed by atoms with Crippen LogP contribution in [0.3, 0.4) is 0 Å². The zero-order chi connectivity index (χ0) is 30.2. The van der Waals surface area contributed by atoms with Crippen LogP contribution in [0.25, 0.3) is 6.08 Å². The van der Waals surface area contributed by atoms with Crippen LogP contribution in [0.15, 0.2) is 70.9 Å². The summed E-state index contributed by atoms with van der Waals surface area (Å²) in [5, 5.41) is 9.76. The van der Waals surface area contributed by atoms with E-state index in [1.54, 1.807) is 17.4 Å². The Labute approximate surface area is 264 Å². The van der Waals surface area contributed by atoms with Crippen LogP contribution in [-0.2, 0) is 29.4 Å². The third kappa shape index (κ3) is 8.62. The van der Waals surface area contributed by atoms with Crippen LogP contribution < -0.4 is 20.3 Å². The van der Waals surface area contributed by atoms with E-state index < -0.39 is 9.84 Å². The third-order valence-corrected chi connectivity index (χ3v) is 10.2. The molecule has 4 aromatic rings. The normalized spacial score (nSPS) is 12.8. The second-order valence-corrected chi connectivity index (χ2v) is 14.2. The number of pyridine rings is 1. The highest BCUT2D eigenvalue weighted by atomic mass is 79.9. The van der Waals surface area contributed by atoms with Gasteiger partial charge in [0.2, 0.25) is 0 Å². The number of sulfone groups is 1. The molecule has 2 aromatic heterocycles. The van der Waals surface area contributed by atoms with Crippen molar-refractivity contribution in [3.63, 3.8) is 0 Å². The van der Waals surface area contributed by atoms with Crippen LogP contribution in [0.1, 0.15) is 35.0 Å². The molecule has 3 heterocycles. The van der Waals surface area contributed by atoms with E-state index in [0.717, 1.165) is 49.8 Å². The molecular formula is C31H33BrFN5O3S2. The number of nitrogens with one attached hydrogen (secondary N) is 2. The summed E-state index contributed by atoms with van der Waals surface area (Å²) in [5.74, 6) is 1.65. The van der Waals surface area contributed by atoms with Crippen LogP contribution in [-0.4, -0.2) is 43.0 Å². The Morgan fingerprint density at radius 2 is 2.02 bits per heavy atom. The van der Waals surface area contributed by atoms with Gasteiger partial charge in [0.1, 0.15) is 24.0 Å². The molecule has 226 valence electrons. The highest BCUT2D eigenvalue weighted by molar-refractivity contribution is 9.10. The molecule has 43 heavy (non-hydrogen) atoms. The molecule has 0 spiro atoms. The van der Waals surface area contributed by atoms with E-state index >= 15 is 0 Å². The number of ether oxygens (including phenoxy) is 1. The minimum absolute atomic E-state index is 0.165. The molecule has 1 aliphatic rings. The Kier molecular flexibility index (Phi) is 10.4. The largest absolute Gasteiger partial charge is 0.488 e. The Morgan fingerprint density at radius 3 is 2.84 bits per heavy atom. The molecule has 0 radical (unpaired) electrons. The van der Waals surface area contributed by atoms with Crippen molar-refractivity contribution < 1.29 is 17.5 Å². The molecule has 0 atom stereocenters. The standard InChI is InChI=1S/C31H33BrFN5O3S2/c1-2-13-43(39,40)14-11-34-10-8-31-37-30(21-42-31)38-12-9-23-17-35-18-28(26(23)19-38)36-25-6-7-29(27(32)16-25)41-20-22-4-3-5-24(33)15-22/h3-7,9,12,15-18,21,34,36H,2,8,10-11,13-14,19-20H2,1H3. The van der Waals surface area contributed by atoms with Crippen LogP contribution >= 0.6 is 27.3 Å². The predicted octanol–water partition coefficient (Wildman–Crippen LogP) is 6.71. The number of anilines is 3. The zero-order valence-electron chi connectivity index (χ0n) is 23.7. The van der Waals surface area contributed by atoms with Crippen molar-refractivity contribution in [3.8, 4) is 5.75 Å². The number of benzene rings is 2. The molecule has 0 saturated heterocycles. The van der Waals surface area contributed by atoms with Gasteiger partial charge in [0.25, 0.3) is 0 Å². The van der Waals surface area contributed by atoms with Gasteiger partial charge in [-0.3, -0.25) is 4.98 Å². The first-order chi connectivity index (χ1) is 20.8. The van der Waals surface area contributed by atoms with Gasteiger partial charge in [0.05, 0.1) is 33.7 Å². The molecule has 12 heteroatoms. The molecule has 0 aliphatic carbocycles. The maximum absolute atomic E-state index is 13.5. The van der Waals surface area contributed by atoms with Crippen LogP contribution in [0, 0.1) is 5.82 Å². The quantitative estimate of drug-likeness (QED) is 0.142. The van der Waals surface area contributed by atoms with Gasteiger partial charge in [0, 0.05) is 59.9 Å². The lowest BCUT2D eigenvalue weighted by Crippen LogP contribution is -2.26. The highest BCUT2D eigenvalue weighted by Gasteiger charge is 2.19. The molecule has 0 amide bonds. The first kappa shape index (κ1) is 31.1. The Balaban J connectivity index is 1.18. The lowest BCUT2D eigenvalue weighted by Gasteiger charge is -2.25. The second-order valence-electron chi connectivity index (χ2n) is 10.1. The molecule has 0 saturated carbocycles. The van der Waals surface area contributed by atoms with Gasteiger partial charge >= 0.3 is 0 Å². The Hall–Kier alpha value is -3.32. The van der Waals surface area contributed by atoms with E-state index in [4.69, 9.17) is 9.72 Å². The number of thiazole rings is 1. The first-order valence-electron chi connectivity index (χ1n) is 14.0. The number of hydrogen-bond acceptors (Lipinski definition) is 9. The minimum atomic E-state index is -2.97. The van der Waals surface area contributed by atoms with E-state index in [-0.39, 0.29) is 23.9 Å². The van der Waals surface area contributed by atoms with Crippen LogP contribution in [0.5, 0.6) is 5.75 Å². The molecule has 0 bridgehead atoms. The number of rotatable bonds is 14. The summed E-state index contributed by atoms with van der Waals surface area (Å²) >= 11 is 5.20. The smallest absolute Gasteiger partial charge is 0.151 e. The highest BCUT2D eigenvalue weighted by Crippen LogP contribution is 2.34. The second kappa shape index (κ2) is 14.4. The van der Waals surface area contributed by atoms with Crippen molar-refractivity contribution in [2.75, 3.05) is 34.8 Å². The fourth-order valence-corrected chi connectivity index (χ4v) is 7.20. The average Bonchev–Trinajstić information content (AvgIpc) is 3.45. The van der Waals surface area contributed by atoms with Crippen molar-refractivity contribution in [1.82, 2.24) is 15.3 Å². The summed E-state index contributed by atoms with van der Waals surface area (Å²) in [6, 6.07) is 12.1. The summed E-state index contributed by atoms with van der Waals surface area (Å²) in [6.45, 7) is 3.90. The van der Waals surface area contributed by atoms with Crippen LogP contribution in [0.4, 0.5) is 21.6 Å². The summed E-state index contributed by atoms with van der Waals surface area (Å²) in [4.78, 5) is 11.4. The zero-order valence-corrected chi connectivity index (χ0v) is 26.9. The number of nitrogens with zero attached hydrogens (tertiary/aromatic N) is 3. The van der Waals surface area contributed by atoms with Gasteiger partial charge in [-0.05, 0) is 64.3 Å². The fourth-order valence-electron chi connectivity index (χ4n) is 4.63. The van der Waals surface area contributed by atoms with E-state index in [2.05, 4.69) is 36.4 Å². The SMILES string of the molecule is CCCS(=O)(=O)CCNCCc1nc(N2C=Cc3cncc(Nc4ccc(OCc5cccc(F)c5)c(Br)c4)c3C2)cs1. The van der Waals surface area contributed by atoms with E-state index in [0.29, 0.717) is 31.8 Å². The first-order valence-corrected chi connectivity index (χ1v) is 17.5. The molecule has 2 aromatic carbocycles. The van der Waals surface area contributed by atoms with Crippen molar-refractivity contribution >= 4 is 60.4 Å². The fraction of sp³-hybridized carbons (Fsp3) is 0.290. The van der Waals surface area contributed by atoms with Crippen molar-refractivity contribution in [1.29, 1.82) is 0 Å². The van der Waals surface area contributed by atoms with Crippen molar-refractivity contribution in [2.24, 2.45) is 0 Å². The lowest BCUT2D eigenvalue weighted by atomic mass is 10.0. The van der Waals surface area contributed by atoms with Gasteiger partial charge < -0.3 is 20.3 Å². The molecule has 8 nitrogen and oxygen atoms in total. The van der Waals surface area contributed by atoms with Crippen molar-refractivity contribution in [3.05, 3.63) is 98.4 Å². The predicted molar refractivity (Wildman–Crippen MR) is 175 cm³/mol. The van der Waals surface area contributed by atoms with Gasteiger partial charge in [-0.1, -0.05) is 19.1 Å². The molecule has 1 aliphatic heterocycles. The number of halogens is 2. The van der Waals surface area contributed by atoms with Crippen molar-refractivity contribution in [2.45, 2.75) is 32.9 Å². The third-order valence-electron chi connectivity index (χ3n) is 6.80. The van der Waals surface area contributed by atoms with E-state index in [1.807, 2.05) is 61.2 Å². The number of hydrogen-bond donors (Lipinski definition) is 2. The molecule has 5 rings (SSSR count). The topological polar surface area (TPSA) is 96.5 Å². The van der Waals surface area contributed by atoms with E-state index in [9.17, 15) is 12.8 Å². The number of aromatic nitrogens is 2. The Morgan fingerprint density at radius 1 is 1.14 bits per heavy atom. The molecule has 0 unspecified atom stereocenters. The maximum Gasteiger partial charge on any atom is 0.151 e. The summed E-state index contributed by atoms with van der Waals surface area (Å²) in [7, 11) is -2.97. The summed E-state index contributed by atoms with van der Waals surface area (Å²) in [5.41, 5.74) is 4.66. The van der Waals surface area contributed by atoms with Gasteiger partial charge in [0.15, 0.2) is 9.84 Å². The molecular weight excluding hydrogens is 653 g/mol. The van der Waals surface area contributed by atoms with E-state index in [1.165, 1.54) is 12.1 Å². The maximum atomic E-state index is 13.5. The van der Waals surface area contributed by atoms with Gasteiger partial charge in [-0.2, -0.15) is 0 Å². The summed E-state index contributed by atoms with van der Waals surface area (Å²) in [6.07, 6.45) is 9.11. The molecule has 0 fully saturated rings. The Bertz CT molecular complexity index is 1700. The molecule has 2 N–H and O–H groups in total.